The zero-order valence-corrected chi connectivity index (χ0v) is 11.4. The Hall–Kier alpha value is -2.09. The number of rotatable bonds is 4. The normalized spacial score (nSPS) is 15.5. The van der Waals surface area contributed by atoms with E-state index in [0.717, 1.165) is 18.5 Å². The highest BCUT2D eigenvalue weighted by Crippen LogP contribution is 2.21. The third-order valence-corrected chi connectivity index (χ3v) is 3.13. The first-order chi connectivity index (χ1) is 9.01. The highest BCUT2D eigenvalue weighted by atomic mass is 16.2. The van der Waals surface area contributed by atoms with Gasteiger partial charge in [0.1, 0.15) is 12.1 Å². The molecule has 19 heavy (non-hydrogen) atoms. The van der Waals surface area contributed by atoms with Crippen LogP contribution in [0.1, 0.15) is 36.7 Å². The summed E-state index contributed by atoms with van der Waals surface area (Å²) in [4.78, 5) is 16.1. The Kier molecular flexibility index (Phi) is 3.70. The molecule has 2 N–H and O–H groups in total. The molecular weight excluding hydrogens is 240 g/mol. The van der Waals surface area contributed by atoms with Crippen LogP contribution < -0.4 is 10.6 Å². The minimum atomic E-state index is -0.367. The smallest absolute Gasteiger partial charge is 0.242 e. The van der Waals surface area contributed by atoms with Gasteiger partial charge in [-0.3, -0.25) is 9.78 Å². The molecule has 5 nitrogen and oxygen atoms in total. The van der Waals surface area contributed by atoms with Crippen molar-refractivity contribution < 1.29 is 4.79 Å². The van der Waals surface area contributed by atoms with E-state index in [1.54, 1.807) is 19.9 Å². The van der Waals surface area contributed by atoms with Crippen molar-refractivity contribution >= 4 is 11.6 Å². The number of pyridine rings is 1. The van der Waals surface area contributed by atoms with Gasteiger partial charge >= 0.3 is 0 Å². The fourth-order valence-electron chi connectivity index (χ4n) is 1.94. The molecule has 1 heterocycles. The lowest BCUT2D eigenvalue weighted by Gasteiger charge is -2.17. The molecule has 1 aromatic rings. The number of amides is 1. The lowest BCUT2D eigenvalue weighted by atomic mass is 10.1. The molecule has 0 aromatic carbocycles. The van der Waals surface area contributed by atoms with Crippen molar-refractivity contribution in [2.24, 2.45) is 0 Å². The van der Waals surface area contributed by atoms with Crippen LogP contribution in [0, 0.1) is 25.2 Å². The fraction of sp³-hybridized carbons (Fsp3) is 0.500. The lowest BCUT2D eigenvalue weighted by Crippen LogP contribution is -2.38. The lowest BCUT2D eigenvalue weighted by molar-refractivity contribution is -0.121. The van der Waals surface area contributed by atoms with Gasteiger partial charge in [-0.1, -0.05) is 0 Å². The van der Waals surface area contributed by atoms with Gasteiger partial charge in [0.05, 0.1) is 16.9 Å². The third kappa shape index (κ3) is 3.22. The van der Waals surface area contributed by atoms with Crippen LogP contribution in [0.15, 0.2) is 6.07 Å². The molecule has 0 saturated heterocycles. The van der Waals surface area contributed by atoms with Crippen LogP contribution in [-0.2, 0) is 4.79 Å². The predicted molar refractivity (Wildman–Crippen MR) is 72.7 cm³/mol. The Labute approximate surface area is 113 Å². The minimum absolute atomic E-state index is 0.0292. The van der Waals surface area contributed by atoms with Gasteiger partial charge in [-0.2, -0.15) is 5.26 Å². The van der Waals surface area contributed by atoms with Gasteiger partial charge in [0.2, 0.25) is 5.91 Å². The molecule has 1 fully saturated rings. The summed E-state index contributed by atoms with van der Waals surface area (Å²) < 4.78 is 0. The van der Waals surface area contributed by atoms with Gasteiger partial charge < -0.3 is 10.6 Å². The standard InChI is InChI=1S/C14H18N4O/c1-8-6-13(12(7-15)9(2)16-8)17-10(3)14(19)18-11-4-5-11/h6,10-11H,4-5H2,1-3H3,(H,16,17)(H,18,19). The SMILES string of the molecule is Cc1cc(NC(C)C(=O)NC2CC2)c(C#N)c(C)n1. The average Bonchev–Trinajstić information content (AvgIpc) is 3.12. The summed E-state index contributed by atoms with van der Waals surface area (Å²) >= 11 is 0. The number of carbonyl (C=O) groups excluding carboxylic acids is 1. The number of nitriles is 1. The van der Waals surface area contributed by atoms with Gasteiger partial charge in [-0.15, -0.1) is 0 Å². The third-order valence-electron chi connectivity index (χ3n) is 3.13. The van der Waals surface area contributed by atoms with Gasteiger partial charge in [0.25, 0.3) is 0 Å². The van der Waals surface area contributed by atoms with Crippen molar-refractivity contribution in [1.82, 2.24) is 10.3 Å². The van der Waals surface area contributed by atoms with Crippen molar-refractivity contribution in [3.63, 3.8) is 0 Å². The number of carbonyl (C=O) groups is 1. The molecule has 1 saturated carbocycles. The van der Waals surface area contributed by atoms with Crippen molar-refractivity contribution in [1.29, 1.82) is 5.26 Å². The molecule has 100 valence electrons. The topological polar surface area (TPSA) is 77.8 Å². The van der Waals surface area contributed by atoms with Crippen LogP contribution >= 0.6 is 0 Å². The number of hydrogen-bond acceptors (Lipinski definition) is 4. The Bertz CT molecular complexity index is 543. The molecule has 1 amide bonds. The number of aryl methyl sites for hydroxylation is 2. The molecule has 0 aliphatic heterocycles. The summed E-state index contributed by atoms with van der Waals surface area (Å²) in [6.45, 7) is 5.46. The van der Waals surface area contributed by atoms with Gasteiger partial charge in [-0.05, 0) is 39.7 Å². The van der Waals surface area contributed by atoms with Crippen molar-refractivity contribution in [2.75, 3.05) is 5.32 Å². The molecule has 5 heteroatoms. The molecule has 1 atom stereocenters. The Morgan fingerprint density at radius 2 is 2.21 bits per heavy atom. The number of nitrogens with one attached hydrogen (secondary N) is 2. The highest BCUT2D eigenvalue weighted by Gasteiger charge is 2.25. The van der Waals surface area contributed by atoms with Crippen LogP contribution in [-0.4, -0.2) is 23.0 Å². The molecule has 1 aliphatic carbocycles. The van der Waals surface area contributed by atoms with Crippen LogP contribution in [0.3, 0.4) is 0 Å². The van der Waals surface area contributed by atoms with Gasteiger partial charge in [-0.25, -0.2) is 0 Å². The molecule has 1 aliphatic rings. The Morgan fingerprint density at radius 3 is 2.79 bits per heavy atom. The number of hydrogen-bond donors (Lipinski definition) is 2. The Balaban J connectivity index is 2.13. The molecular formula is C14H18N4O. The zero-order valence-electron chi connectivity index (χ0n) is 11.4. The van der Waals surface area contributed by atoms with Crippen LogP contribution in [0.5, 0.6) is 0 Å². The highest BCUT2D eigenvalue weighted by molar-refractivity contribution is 5.85. The summed E-state index contributed by atoms with van der Waals surface area (Å²) in [5.41, 5.74) is 2.68. The van der Waals surface area contributed by atoms with Gasteiger partial charge in [0.15, 0.2) is 0 Å². The predicted octanol–water partition coefficient (Wildman–Crippen LogP) is 1.65. The summed E-state index contributed by atoms with van der Waals surface area (Å²) in [5, 5.41) is 15.2. The van der Waals surface area contributed by atoms with Gasteiger partial charge in [0, 0.05) is 11.7 Å². The van der Waals surface area contributed by atoms with E-state index in [2.05, 4.69) is 21.7 Å². The fourth-order valence-corrected chi connectivity index (χ4v) is 1.94. The van der Waals surface area contributed by atoms with Crippen molar-refractivity contribution in [2.45, 2.75) is 45.7 Å². The first-order valence-corrected chi connectivity index (χ1v) is 6.46. The number of anilines is 1. The summed E-state index contributed by atoms with van der Waals surface area (Å²) in [5.74, 6) is -0.0292. The van der Waals surface area contributed by atoms with E-state index in [0.29, 0.717) is 23.0 Å². The Morgan fingerprint density at radius 1 is 1.53 bits per heavy atom. The second-order valence-corrected chi connectivity index (χ2v) is 5.03. The molecule has 0 radical (unpaired) electrons. The quantitative estimate of drug-likeness (QED) is 0.860. The van der Waals surface area contributed by atoms with Crippen molar-refractivity contribution in [3.05, 3.63) is 23.0 Å². The number of nitrogens with zero attached hydrogens (tertiary/aromatic N) is 2. The largest absolute Gasteiger partial charge is 0.373 e. The van der Waals surface area contributed by atoms with Crippen LogP contribution in [0.25, 0.3) is 0 Å². The van der Waals surface area contributed by atoms with E-state index in [1.807, 2.05) is 6.92 Å². The zero-order chi connectivity index (χ0) is 14.0. The maximum Gasteiger partial charge on any atom is 0.242 e. The van der Waals surface area contributed by atoms with E-state index in [9.17, 15) is 4.79 Å². The van der Waals surface area contributed by atoms with Crippen LogP contribution in [0.4, 0.5) is 5.69 Å². The van der Waals surface area contributed by atoms with E-state index >= 15 is 0 Å². The van der Waals surface area contributed by atoms with Crippen molar-refractivity contribution in [3.8, 4) is 6.07 Å². The summed E-state index contributed by atoms with van der Waals surface area (Å²) in [6.07, 6.45) is 2.13. The van der Waals surface area contributed by atoms with Crippen LogP contribution in [0.2, 0.25) is 0 Å². The first kappa shape index (κ1) is 13.3. The molecule has 2 rings (SSSR count). The monoisotopic (exact) mass is 258 g/mol. The molecule has 0 spiro atoms. The second-order valence-electron chi connectivity index (χ2n) is 5.03. The second kappa shape index (κ2) is 5.27. The average molecular weight is 258 g/mol. The summed E-state index contributed by atoms with van der Waals surface area (Å²) in [6, 6.07) is 3.90. The minimum Gasteiger partial charge on any atom is -0.373 e. The van der Waals surface area contributed by atoms with E-state index in [-0.39, 0.29) is 11.9 Å². The maximum absolute atomic E-state index is 11.9. The first-order valence-electron chi connectivity index (χ1n) is 6.46. The number of aromatic nitrogens is 1. The maximum atomic E-state index is 11.9. The van der Waals surface area contributed by atoms with E-state index in [4.69, 9.17) is 5.26 Å². The van der Waals surface area contributed by atoms with E-state index in [1.165, 1.54) is 0 Å². The summed E-state index contributed by atoms with van der Waals surface area (Å²) in [7, 11) is 0. The molecule has 1 unspecified atom stereocenters. The van der Waals surface area contributed by atoms with E-state index < -0.39 is 0 Å². The molecule has 0 bridgehead atoms. The molecule has 1 aromatic heterocycles.